The van der Waals surface area contributed by atoms with Crippen molar-refractivity contribution in [1.82, 2.24) is 25.5 Å². The zero-order chi connectivity index (χ0) is 18.0. The molecule has 1 fully saturated rings. The summed E-state index contributed by atoms with van der Waals surface area (Å²) in [5, 5.41) is 10.6. The van der Waals surface area contributed by atoms with Crippen molar-refractivity contribution in [2.24, 2.45) is 0 Å². The van der Waals surface area contributed by atoms with Crippen LogP contribution in [0.5, 0.6) is 0 Å². The molecule has 1 saturated heterocycles. The van der Waals surface area contributed by atoms with E-state index >= 15 is 0 Å². The first-order valence-electron chi connectivity index (χ1n) is 8.82. The summed E-state index contributed by atoms with van der Waals surface area (Å²) in [5.74, 6) is 0.472. The van der Waals surface area contributed by atoms with Crippen molar-refractivity contribution in [2.75, 3.05) is 6.61 Å². The van der Waals surface area contributed by atoms with Crippen LogP contribution in [-0.2, 0) is 16.9 Å². The van der Waals surface area contributed by atoms with Gasteiger partial charge in [-0.3, -0.25) is 9.89 Å². The van der Waals surface area contributed by atoms with Crippen molar-refractivity contribution in [3.8, 4) is 0 Å². The molecule has 1 aliphatic rings. The smallest absolute Gasteiger partial charge is 0.272 e. The zero-order valence-corrected chi connectivity index (χ0v) is 14.7. The van der Waals surface area contributed by atoms with Crippen LogP contribution in [0.2, 0.25) is 0 Å². The summed E-state index contributed by atoms with van der Waals surface area (Å²) in [5.41, 5.74) is 1.65. The first-order chi connectivity index (χ1) is 12.7. The maximum atomic E-state index is 12.4. The van der Waals surface area contributed by atoms with Crippen molar-refractivity contribution in [3.63, 3.8) is 0 Å². The number of fused-ring (bicyclic) bond motifs is 1. The van der Waals surface area contributed by atoms with E-state index in [2.05, 4.69) is 25.5 Å². The van der Waals surface area contributed by atoms with E-state index < -0.39 is 5.60 Å². The van der Waals surface area contributed by atoms with E-state index in [1.165, 1.54) is 0 Å². The molecule has 1 amide bonds. The fraction of sp³-hybridized carbons (Fsp3) is 0.368. The summed E-state index contributed by atoms with van der Waals surface area (Å²) in [6.45, 7) is 3.12. The van der Waals surface area contributed by atoms with Crippen molar-refractivity contribution in [2.45, 2.75) is 38.3 Å². The second-order valence-electron chi connectivity index (χ2n) is 6.75. The maximum absolute atomic E-state index is 12.4. The lowest BCUT2D eigenvalue weighted by Crippen LogP contribution is -2.32. The lowest BCUT2D eigenvalue weighted by Gasteiger charge is -2.32. The summed E-state index contributed by atoms with van der Waals surface area (Å²) in [6.07, 6.45) is 6.62. The van der Waals surface area contributed by atoms with E-state index in [4.69, 9.17) is 4.74 Å². The van der Waals surface area contributed by atoms with Gasteiger partial charge in [-0.1, -0.05) is 18.2 Å². The first-order valence-corrected chi connectivity index (χ1v) is 8.82. The third-order valence-electron chi connectivity index (χ3n) is 4.79. The number of hydrogen-bond acceptors (Lipinski definition) is 5. The minimum absolute atomic E-state index is 0.228. The summed E-state index contributed by atoms with van der Waals surface area (Å²) < 4.78 is 5.87. The van der Waals surface area contributed by atoms with Crippen LogP contribution in [0.4, 0.5) is 0 Å². The fourth-order valence-electron chi connectivity index (χ4n) is 3.23. The number of aromatic amines is 1. The molecule has 1 aromatic carbocycles. The average Bonchev–Trinajstić information content (AvgIpc) is 3.11. The molecule has 3 heterocycles. The minimum atomic E-state index is -0.409. The Hall–Kier alpha value is -2.80. The number of nitrogens with one attached hydrogen (secondary N) is 2. The highest BCUT2D eigenvalue weighted by atomic mass is 16.5. The molecule has 0 unspecified atom stereocenters. The predicted octanol–water partition coefficient (Wildman–Crippen LogP) is 2.70. The van der Waals surface area contributed by atoms with Crippen molar-refractivity contribution in [3.05, 3.63) is 53.7 Å². The molecule has 4 rings (SSSR count). The van der Waals surface area contributed by atoms with E-state index in [0.29, 0.717) is 18.1 Å². The topological polar surface area (TPSA) is 92.8 Å². The molecule has 1 atom stereocenters. The molecule has 2 N–H and O–H groups in total. The SMILES string of the molecule is C[C@]1(c2ncc(CNC(=O)c3n[nH]c4ccccc34)cn2)CCCCO1. The number of hydrogen-bond donors (Lipinski definition) is 2. The second-order valence-corrected chi connectivity index (χ2v) is 6.75. The first kappa shape index (κ1) is 16.7. The maximum Gasteiger partial charge on any atom is 0.272 e. The standard InChI is InChI=1S/C19H21N5O2/c1-19(8-4-5-9-26-19)18-21-11-13(12-22-18)10-20-17(25)16-14-6-2-3-7-15(14)23-24-16/h2-3,6-7,11-12H,4-5,8-10H2,1H3,(H,20,25)(H,23,24)/t19-/m1/s1. The van der Waals surface area contributed by atoms with Gasteiger partial charge in [-0.2, -0.15) is 5.10 Å². The lowest BCUT2D eigenvalue weighted by molar-refractivity contribution is -0.0760. The third-order valence-corrected chi connectivity index (χ3v) is 4.79. The Morgan fingerprint density at radius 3 is 2.85 bits per heavy atom. The van der Waals surface area contributed by atoms with Crippen LogP contribution in [0.1, 0.15) is 48.1 Å². The lowest BCUT2D eigenvalue weighted by atomic mass is 9.95. The molecule has 7 nitrogen and oxygen atoms in total. The molecule has 0 spiro atoms. The Bertz CT molecular complexity index is 913. The van der Waals surface area contributed by atoms with Gasteiger partial charge in [0.2, 0.25) is 0 Å². The van der Waals surface area contributed by atoms with Gasteiger partial charge in [0.1, 0.15) is 5.60 Å². The van der Waals surface area contributed by atoms with Crippen LogP contribution in [-0.4, -0.2) is 32.7 Å². The summed E-state index contributed by atoms with van der Waals surface area (Å²) in [7, 11) is 0. The Morgan fingerprint density at radius 2 is 2.08 bits per heavy atom. The van der Waals surface area contributed by atoms with Gasteiger partial charge < -0.3 is 10.1 Å². The molecular formula is C19H21N5O2. The van der Waals surface area contributed by atoms with Gasteiger partial charge in [-0.15, -0.1) is 0 Å². The molecule has 0 radical (unpaired) electrons. The highest BCUT2D eigenvalue weighted by Crippen LogP contribution is 2.32. The Kier molecular flexibility index (Phi) is 4.38. The number of para-hydroxylation sites is 1. The molecule has 2 aromatic heterocycles. The summed E-state index contributed by atoms with van der Waals surface area (Å²) in [6, 6.07) is 7.54. The summed E-state index contributed by atoms with van der Waals surface area (Å²) in [4.78, 5) is 21.3. The van der Waals surface area contributed by atoms with Gasteiger partial charge >= 0.3 is 0 Å². The molecule has 0 aliphatic carbocycles. The number of carbonyl (C=O) groups excluding carboxylic acids is 1. The van der Waals surface area contributed by atoms with Crippen LogP contribution >= 0.6 is 0 Å². The van der Waals surface area contributed by atoms with Crippen LogP contribution in [0.15, 0.2) is 36.7 Å². The number of amides is 1. The third kappa shape index (κ3) is 3.17. The quantitative estimate of drug-likeness (QED) is 0.754. The largest absolute Gasteiger partial charge is 0.367 e. The van der Waals surface area contributed by atoms with E-state index in [9.17, 15) is 4.79 Å². The van der Waals surface area contributed by atoms with Crippen LogP contribution in [0, 0.1) is 0 Å². The number of benzene rings is 1. The normalized spacial score (nSPS) is 20.2. The van der Waals surface area contributed by atoms with Gasteiger partial charge in [-0.25, -0.2) is 9.97 Å². The van der Waals surface area contributed by atoms with Crippen LogP contribution in [0.3, 0.4) is 0 Å². The van der Waals surface area contributed by atoms with E-state index in [1.54, 1.807) is 12.4 Å². The van der Waals surface area contributed by atoms with Crippen LogP contribution in [0.25, 0.3) is 10.9 Å². The molecule has 134 valence electrons. The van der Waals surface area contributed by atoms with E-state index in [-0.39, 0.29) is 5.91 Å². The molecule has 0 bridgehead atoms. The molecule has 7 heteroatoms. The molecule has 26 heavy (non-hydrogen) atoms. The number of nitrogens with zero attached hydrogens (tertiary/aromatic N) is 3. The molecule has 0 saturated carbocycles. The van der Waals surface area contributed by atoms with Crippen molar-refractivity contribution in [1.29, 1.82) is 0 Å². The number of aromatic nitrogens is 4. The minimum Gasteiger partial charge on any atom is -0.367 e. The van der Waals surface area contributed by atoms with Crippen molar-refractivity contribution < 1.29 is 9.53 Å². The highest BCUT2D eigenvalue weighted by Gasteiger charge is 2.32. The van der Waals surface area contributed by atoms with Crippen molar-refractivity contribution >= 4 is 16.8 Å². The summed E-state index contributed by atoms with van der Waals surface area (Å²) >= 11 is 0. The van der Waals surface area contributed by atoms with E-state index in [0.717, 1.165) is 42.3 Å². The Labute approximate surface area is 151 Å². The Morgan fingerprint density at radius 1 is 1.27 bits per heavy atom. The molecule has 3 aromatic rings. The number of ether oxygens (including phenoxy) is 1. The van der Waals surface area contributed by atoms with Gasteiger partial charge in [-0.05, 0) is 32.3 Å². The molecule has 1 aliphatic heterocycles. The predicted molar refractivity (Wildman–Crippen MR) is 96.5 cm³/mol. The van der Waals surface area contributed by atoms with Gasteiger partial charge in [0.05, 0.1) is 5.52 Å². The molecular weight excluding hydrogens is 330 g/mol. The van der Waals surface area contributed by atoms with E-state index in [1.807, 2.05) is 31.2 Å². The van der Waals surface area contributed by atoms with Gasteiger partial charge in [0.25, 0.3) is 5.91 Å². The second kappa shape index (κ2) is 6.84. The zero-order valence-electron chi connectivity index (χ0n) is 14.7. The van der Waals surface area contributed by atoms with Crippen LogP contribution < -0.4 is 5.32 Å². The number of H-pyrrole nitrogens is 1. The van der Waals surface area contributed by atoms with Gasteiger partial charge in [0.15, 0.2) is 11.5 Å². The fourth-order valence-corrected chi connectivity index (χ4v) is 3.23. The number of rotatable bonds is 4. The number of carbonyl (C=O) groups is 1. The average molecular weight is 351 g/mol. The Balaban J connectivity index is 1.42. The van der Waals surface area contributed by atoms with Gasteiger partial charge in [0, 0.05) is 36.5 Å². The monoisotopic (exact) mass is 351 g/mol. The highest BCUT2D eigenvalue weighted by molar-refractivity contribution is 6.04.